The Morgan fingerprint density at radius 3 is 2.52 bits per heavy atom. The van der Waals surface area contributed by atoms with Crippen LogP contribution >= 0.6 is 46.1 Å². The van der Waals surface area contributed by atoms with Gasteiger partial charge >= 0.3 is 0 Å². The largest absolute Gasteiger partial charge is 0.351 e. The van der Waals surface area contributed by atoms with Gasteiger partial charge in [0.1, 0.15) is 5.69 Å². The Kier molecular flexibility index (Phi) is 7.29. The molecule has 0 unspecified atom stereocenters. The topological polar surface area (TPSA) is 91.0 Å². The zero-order valence-electron chi connectivity index (χ0n) is 16.9. The standard InChI is InChI=1S/C22H16Cl3N5O2S/c23-13-1-4-16(5-2-13)30(21(32)17-6-3-14(24)9-18(17)25)22-29-19(11-33-22)20(31)27-8-7-15-10-26-12-28-15/h1-6,9-12H,7-8H2,(H,26,28)(H,27,31). The number of carbonyl (C=O) groups is 2. The molecule has 0 saturated carbocycles. The van der Waals surface area contributed by atoms with E-state index in [-0.39, 0.29) is 22.2 Å². The van der Waals surface area contributed by atoms with E-state index in [9.17, 15) is 9.59 Å². The summed E-state index contributed by atoms with van der Waals surface area (Å²) in [6.07, 6.45) is 3.93. The van der Waals surface area contributed by atoms with E-state index in [4.69, 9.17) is 34.8 Å². The fraction of sp³-hybridized carbons (Fsp3) is 0.0909. The molecule has 2 aromatic carbocycles. The van der Waals surface area contributed by atoms with Gasteiger partial charge in [0, 0.05) is 34.6 Å². The van der Waals surface area contributed by atoms with Crippen molar-refractivity contribution in [3.8, 4) is 0 Å². The van der Waals surface area contributed by atoms with Crippen LogP contribution in [0.3, 0.4) is 0 Å². The maximum atomic E-state index is 13.5. The molecule has 0 aliphatic rings. The molecule has 2 heterocycles. The second kappa shape index (κ2) is 10.4. The Balaban J connectivity index is 1.59. The quantitative estimate of drug-likeness (QED) is 0.323. The molecule has 168 valence electrons. The highest BCUT2D eigenvalue weighted by Gasteiger charge is 2.25. The van der Waals surface area contributed by atoms with Crippen molar-refractivity contribution in [1.29, 1.82) is 0 Å². The molecular weight excluding hydrogens is 505 g/mol. The van der Waals surface area contributed by atoms with E-state index in [0.29, 0.717) is 33.8 Å². The van der Waals surface area contributed by atoms with Crippen LogP contribution < -0.4 is 10.2 Å². The SMILES string of the molecule is O=C(NCCc1c[nH]cn1)c1csc(N(C(=O)c2ccc(Cl)cc2Cl)c2ccc(Cl)cc2)n1. The Bertz CT molecular complexity index is 1280. The van der Waals surface area contributed by atoms with Crippen LogP contribution in [0.25, 0.3) is 0 Å². The van der Waals surface area contributed by atoms with Gasteiger partial charge in [-0.2, -0.15) is 0 Å². The molecule has 0 saturated heterocycles. The lowest BCUT2D eigenvalue weighted by Crippen LogP contribution is -2.28. The zero-order chi connectivity index (χ0) is 23.4. The van der Waals surface area contributed by atoms with Gasteiger partial charge in [-0.1, -0.05) is 34.8 Å². The number of nitrogens with one attached hydrogen (secondary N) is 2. The predicted molar refractivity (Wildman–Crippen MR) is 131 cm³/mol. The number of thiazole rings is 1. The monoisotopic (exact) mass is 519 g/mol. The van der Waals surface area contributed by atoms with Crippen LogP contribution in [-0.4, -0.2) is 33.3 Å². The highest BCUT2D eigenvalue weighted by molar-refractivity contribution is 7.14. The summed E-state index contributed by atoms with van der Waals surface area (Å²) in [7, 11) is 0. The number of H-pyrrole nitrogens is 1. The second-order valence-corrected chi connectivity index (χ2v) is 8.94. The third-order valence-electron chi connectivity index (χ3n) is 4.59. The number of anilines is 2. The van der Waals surface area contributed by atoms with Crippen molar-refractivity contribution in [2.45, 2.75) is 6.42 Å². The smallest absolute Gasteiger partial charge is 0.270 e. The molecular formula is C22H16Cl3N5O2S. The fourth-order valence-electron chi connectivity index (χ4n) is 2.98. The minimum absolute atomic E-state index is 0.200. The predicted octanol–water partition coefficient (Wildman–Crippen LogP) is 5.78. The summed E-state index contributed by atoms with van der Waals surface area (Å²) in [5, 5.41) is 5.86. The number of carbonyl (C=O) groups excluding carboxylic acids is 2. The first kappa shape index (κ1) is 23.3. The van der Waals surface area contributed by atoms with Gasteiger partial charge in [0.05, 0.1) is 28.3 Å². The number of aromatic nitrogens is 3. The summed E-state index contributed by atoms with van der Waals surface area (Å²) in [6.45, 7) is 0.400. The van der Waals surface area contributed by atoms with E-state index in [1.807, 2.05) is 0 Å². The van der Waals surface area contributed by atoms with Gasteiger partial charge in [-0.25, -0.2) is 9.97 Å². The van der Waals surface area contributed by atoms with Crippen molar-refractivity contribution >= 4 is 68.8 Å². The second-order valence-electron chi connectivity index (χ2n) is 6.82. The molecule has 0 radical (unpaired) electrons. The summed E-state index contributed by atoms with van der Waals surface area (Å²) in [5.41, 5.74) is 1.81. The summed E-state index contributed by atoms with van der Waals surface area (Å²) in [5.74, 6) is -0.764. The van der Waals surface area contributed by atoms with Gasteiger partial charge in [-0.3, -0.25) is 14.5 Å². The summed E-state index contributed by atoms with van der Waals surface area (Å²) < 4.78 is 0. The van der Waals surface area contributed by atoms with Crippen LogP contribution in [0.5, 0.6) is 0 Å². The molecule has 0 aliphatic carbocycles. The molecule has 11 heteroatoms. The fourth-order valence-corrected chi connectivity index (χ4v) is 4.42. The van der Waals surface area contributed by atoms with Crippen molar-refractivity contribution in [3.63, 3.8) is 0 Å². The lowest BCUT2D eigenvalue weighted by Gasteiger charge is -2.21. The maximum absolute atomic E-state index is 13.5. The molecule has 0 spiro atoms. The van der Waals surface area contributed by atoms with E-state index in [0.717, 1.165) is 17.0 Å². The lowest BCUT2D eigenvalue weighted by molar-refractivity contribution is 0.0947. The van der Waals surface area contributed by atoms with E-state index in [1.54, 1.807) is 54.3 Å². The molecule has 4 rings (SSSR count). The first-order chi connectivity index (χ1) is 15.9. The average molecular weight is 521 g/mol. The first-order valence-corrected chi connectivity index (χ1v) is 11.7. The molecule has 0 bridgehead atoms. The van der Waals surface area contributed by atoms with Crippen molar-refractivity contribution in [2.75, 3.05) is 11.4 Å². The van der Waals surface area contributed by atoms with Crippen LogP contribution in [0.15, 0.2) is 60.4 Å². The highest BCUT2D eigenvalue weighted by atomic mass is 35.5. The van der Waals surface area contributed by atoms with Gasteiger partial charge in [0.25, 0.3) is 11.8 Å². The Labute approximate surface area is 208 Å². The molecule has 2 aromatic heterocycles. The van der Waals surface area contributed by atoms with Crippen molar-refractivity contribution in [1.82, 2.24) is 20.3 Å². The van der Waals surface area contributed by atoms with E-state index >= 15 is 0 Å². The van der Waals surface area contributed by atoms with E-state index in [1.165, 1.54) is 11.0 Å². The Morgan fingerprint density at radius 2 is 1.82 bits per heavy atom. The van der Waals surface area contributed by atoms with Gasteiger partial charge < -0.3 is 10.3 Å². The third kappa shape index (κ3) is 5.54. The number of nitrogens with zero attached hydrogens (tertiary/aromatic N) is 3. The third-order valence-corrected chi connectivity index (χ3v) is 6.21. The molecule has 2 N–H and O–H groups in total. The number of amides is 2. The molecule has 0 aliphatic heterocycles. The number of rotatable bonds is 7. The van der Waals surface area contributed by atoms with Crippen molar-refractivity contribution in [3.05, 3.63) is 92.4 Å². The molecule has 7 nitrogen and oxygen atoms in total. The van der Waals surface area contributed by atoms with Crippen molar-refractivity contribution in [2.24, 2.45) is 0 Å². The number of hydrogen-bond donors (Lipinski definition) is 2. The number of hydrogen-bond acceptors (Lipinski definition) is 5. The van der Waals surface area contributed by atoms with Crippen LogP contribution in [-0.2, 0) is 6.42 Å². The van der Waals surface area contributed by atoms with Crippen LogP contribution in [0.2, 0.25) is 15.1 Å². The zero-order valence-corrected chi connectivity index (χ0v) is 20.0. The van der Waals surface area contributed by atoms with Gasteiger partial charge in [0.15, 0.2) is 5.13 Å². The summed E-state index contributed by atoms with van der Waals surface area (Å²) in [4.78, 5) is 38.8. The number of benzene rings is 2. The minimum Gasteiger partial charge on any atom is -0.351 e. The molecule has 4 aromatic rings. The summed E-state index contributed by atoms with van der Waals surface area (Å²) in [6, 6.07) is 11.3. The molecule has 33 heavy (non-hydrogen) atoms. The van der Waals surface area contributed by atoms with Gasteiger partial charge in [-0.05, 0) is 42.5 Å². The average Bonchev–Trinajstić information content (AvgIpc) is 3.48. The number of halogens is 3. The van der Waals surface area contributed by atoms with E-state index < -0.39 is 5.91 Å². The number of aromatic amines is 1. The van der Waals surface area contributed by atoms with Crippen LogP contribution in [0.4, 0.5) is 10.8 Å². The normalized spacial score (nSPS) is 10.8. The van der Waals surface area contributed by atoms with Crippen LogP contribution in [0.1, 0.15) is 26.5 Å². The molecule has 0 fully saturated rings. The van der Waals surface area contributed by atoms with Crippen molar-refractivity contribution < 1.29 is 9.59 Å². The molecule has 0 atom stereocenters. The first-order valence-electron chi connectivity index (χ1n) is 9.69. The van der Waals surface area contributed by atoms with Gasteiger partial charge in [0.2, 0.25) is 0 Å². The van der Waals surface area contributed by atoms with E-state index in [2.05, 4.69) is 20.3 Å². The maximum Gasteiger partial charge on any atom is 0.270 e. The number of imidazole rings is 1. The highest BCUT2D eigenvalue weighted by Crippen LogP contribution is 2.33. The van der Waals surface area contributed by atoms with Crippen LogP contribution in [0, 0.1) is 0 Å². The Morgan fingerprint density at radius 1 is 1.06 bits per heavy atom. The molecule has 2 amide bonds. The lowest BCUT2D eigenvalue weighted by atomic mass is 10.2. The Hall–Kier alpha value is -2.91. The summed E-state index contributed by atoms with van der Waals surface area (Å²) >= 11 is 19.4. The van der Waals surface area contributed by atoms with Gasteiger partial charge in [-0.15, -0.1) is 11.3 Å². The minimum atomic E-state index is -0.418.